The van der Waals surface area contributed by atoms with E-state index in [0.717, 1.165) is 12.0 Å². The number of amides is 1. The summed E-state index contributed by atoms with van der Waals surface area (Å²) >= 11 is 0. The number of nitrogens with zero attached hydrogens (tertiary/aromatic N) is 1. The molecule has 21 heavy (non-hydrogen) atoms. The molecular weight excluding hydrogens is 270 g/mol. The van der Waals surface area contributed by atoms with Crippen molar-refractivity contribution in [2.45, 2.75) is 25.7 Å². The molecule has 1 aromatic rings. The fourth-order valence-corrected chi connectivity index (χ4v) is 2.04. The molecule has 0 unspecified atom stereocenters. The number of carbonyl (C=O) groups is 2. The molecule has 0 aromatic heterocycles. The molecule has 0 saturated heterocycles. The predicted octanol–water partition coefficient (Wildman–Crippen LogP) is 1.96. The Hall–Kier alpha value is -1.88. The van der Waals surface area contributed by atoms with Crippen molar-refractivity contribution >= 4 is 11.9 Å². The smallest absolute Gasteiger partial charge is 0.323 e. The van der Waals surface area contributed by atoms with Crippen molar-refractivity contribution in [3.8, 4) is 0 Å². The van der Waals surface area contributed by atoms with Gasteiger partial charge in [-0.25, -0.2) is 0 Å². The van der Waals surface area contributed by atoms with E-state index in [2.05, 4.69) is 0 Å². The topological polar surface area (TPSA) is 66.8 Å². The highest BCUT2D eigenvalue weighted by Gasteiger charge is 2.16. The molecule has 0 atom stereocenters. The lowest BCUT2D eigenvalue weighted by Crippen LogP contribution is -2.37. The summed E-state index contributed by atoms with van der Waals surface area (Å²) in [5.74, 6) is -1.09. The molecule has 5 heteroatoms. The van der Waals surface area contributed by atoms with E-state index < -0.39 is 5.97 Å². The van der Waals surface area contributed by atoms with Gasteiger partial charge in [-0.15, -0.1) is 0 Å². The Labute approximate surface area is 125 Å². The second-order valence-corrected chi connectivity index (χ2v) is 4.89. The van der Waals surface area contributed by atoms with Crippen LogP contribution in [0.5, 0.6) is 0 Å². The van der Waals surface area contributed by atoms with Crippen molar-refractivity contribution in [1.82, 2.24) is 4.90 Å². The van der Waals surface area contributed by atoms with Gasteiger partial charge in [0, 0.05) is 26.7 Å². The summed E-state index contributed by atoms with van der Waals surface area (Å²) in [5.41, 5.74) is 1.10. The first-order valence-corrected chi connectivity index (χ1v) is 7.16. The Morgan fingerprint density at radius 1 is 1.19 bits per heavy atom. The number of benzene rings is 1. The third-order valence-corrected chi connectivity index (χ3v) is 3.18. The van der Waals surface area contributed by atoms with Gasteiger partial charge in [0.25, 0.3) is 0 Å². The Kier molecular flexibility index (Phi) is 8.12. The number of carboxylic acid groups (broad SMARTS) is 1. The maximum Gasteiger partial charge on any atom is 0.323 e. The molecule has 1 amide bonds. The van der Waals surface area contributed by atoms with Crippen molar-refractivity contribution < 1.29 is 19.4 Å². The Morgan fingerprint density at radius 2 is 1.90 bits per heavy atom. The van der Waals surface area contributed by atoms with Gasteiger partial charge in [-0.3, -0.25) is 9.59 Å². The van der Waals surface area contributed by atoms with E-state index in [-0.39, 0.29) is 12.5 Å². The molecule has 0 spiro atoms. The summed E-state index contributed by atoms with van der Waals surface area (Å²) in [4.78, 5) is 24.4. The fraction of sp³-hybridized carbons (Fsp3) is 0.500. The molecule has 0 aliphatic carbocycles. The van der Waals surface area contributed by atoms with Crippen LogP contribution in [-0.2, 0) is 20.7 Å². The Morgan fingerprint density at radius 3 is 2.52 bits per heavy atom. The number of hydrogen-bond donors (Lipinski definition) is 1. The lowest BCUT2D eigenvalue weighted by atomic mass is 10.1. The van der Waals surface area contributed by atoms with Crippen LogP contribution in [0, 0.1) is 0 Å². The maximum atomic E-state index is 12.1. The monoisotopic (exact) mass is 293 g/mol. The molecule has 0 fully saturated rings. The van der Waals surface area contributed by atoms with Crippen LogP contribution < -0.4 is 0 Å². The van der Waals surface area contributed by atoms with Gasteiger partial charge in [-0.1, -0.05) is 30.3 Å². The van der Waals surface area contributed by atoms with Crippen LogP contribution in [0.25, 0.3) is 0 Å². The van der Waals surface area contributed by atoms with Gasteiger partial charge in [0.05, 0.1) is 0 Å². The van der Waals surface area contributed by atoms with Crippen LogP contribution >= 0.6 is 0 Å². The van der Waals surface area contributed by atoms with E-state index >= 15 is 0 Å². The average Bonchev–Trinajstić information content (AvgIpc) is 2.48. The van der Waals surface area contributed by atoms with E-state index in [1.54, 1.807) is 7.11 Å². The van der Waals surface area contributed by atoms with E-state index in [0.29, 0.717) is 32.4 Å². The third kappa shape index (κ3) is 7.46. The summed E-state index contributed by atoms with van der Waals surface area (Å²) in [5, 5.41) is 8.93. The van der Waals surface area contributed by atoms with Gasteiger partial charge in [-0.2, -0.15) is 0 Å². The molecule has 1 rings (SSSR count). The van der Waals surface area contributed by atoms with Crippen LogP contribution in [0.15, 0.2) is 30.3 Å². The number of rotatable bonds is 10. The minimum Gasteiger partial charge on any atom is -0.480 e. The minimum absolute atomic E-state index is 0.107. The van der Waals surface area contributed by atoms with E-state index in [9.17, 15) is 9.59 Å². The lowest BCUT2D eigenvalue weighted by Gasteiger charge is -2.20. The lowest BCUT2D eigenvalue weighted by molar-refractivity contribution is -0.144. The molecule has 0 heterocycles. The Balaban J connectivity index is 2.46. The van der Waals surface area contributed by atoms with Gasteiger partial charge in [-0.05, 0) is 24.8 Å². The SMILES string of the molecule is COCCCCC(=O)N(CCc1ccccc1)CC(=O)O. The summed E-state index contributed by atoms with van der Waals surface area (Å²) in [6.45, 7) is 0.811. The number of aliphatic carboxylic acids is 1. The second kappa shape index (κ2) is 9.94. The van der Waals surface area contributed by atoms with Crippen molar-refractivity contribution in [1.29, 1.82) is 0 Å². The largest absolute Gasteiger partial charge is 0.480 e. The minimum atomic E-state index is -0.978. The second-order valence-electron chi connectivity index (χ2n) is 4.89. The summed E-state index contributed by atoms with van der Waals surface area (Å²) in [7, 11) is 1.62. The van der Waals surface area contributed by atoms with E-state index in [1.165, 1.54) is 4.90 Å². The van der Waals surface area contributed by atoms with Crippen LogP contribution in [0.2, 0.25) is 0 Å². The maximum absolute atomic E-state index is 12.1. The molecule has 0 bridgehead atoms. The molecule has 0 saturated carbocycles. The highest BCUT2D eigenvalue weighted by Crippen LogP contribution is 2.05. The van der Waals surface area contributed by atoms with E-state index in [4.69, 9.17) is 9.84 Å². The fourth-order valence-electron chi connectivity index (χ4n) is 2.04. The van der Waals surface area contributed by atoms with Crippen LogP contribution in [-0.4, -0.2) is 48.7 Å². The normalized spacial score (nSPS) is 10.3. The quantitative estimate of drug-likeness (QED) is 0.670. The van der Waals surface area contributed by atoms with Crippen LogP contribution in [0.4, 0.5) is 0 Å². The summed E-state index contributed by atoms with van der Waals surface area (Å²) in [6, 6.07) is 9.75. The van der Waals surface area contributed by atoms with Crippen LogP contribution in [0.1, 0.15) is 24.8 Å². The highest BCUT2D eigenvalue weighted by molar-refractivity contribution is 5.81. The van der Waals surface area contributed by atoms with Crippen molar-refractivity contribution in [2.75, 3.05) is 26.8 Å². The first-order chi connectivity index (χ1) is 10.1. The first kappa shape index (κ1) is 17.2. The number of hydrogen-bond acceptors (Lipinski definition) is 3. The molecule has 5 nitrogen and oxygen atoms in total. The molecule has 0 aliphatic rings. The van der Waals surface area contributed by atoms with Crippen LogP contribution in [0.3, 0.4) is 0 Å². The third-order valence-electron chi connectivity index (χ3n) is 3.18. The number of ether oxygens (including phenoxy) is 1. The molecule has 116 valence electrons. The first-order valence-electron chi connectivity index (χ1n) is 7.16. The predicted molar refractivity (Wildman–Crippen MR) is 80.1 cm³/mol. The molecule has 0 radical (unpaired) electrons. The number of carboxylic acids is 1. The van der Waals surface area contributed by atoms with E-state index in [1.807, 2.05) is 30.3 Å². The molecule has 1 N–H and O–H groups in total. The number of unbranched alkanes of at least 4 members (excludes halogenated alkanes) is 1. The molecular formula is C16H23NO4. The van der Waals surface area contributed by atoms with Gasteiger partial charge in [0.2, 0.25) is 5.91 Å². The highest BCUT2D eigenvalue weighted by atomic mass is 16.5. The summed E-state index contributed by atoms with van der Waals surface area (Å²) < 4.78 is 4.93. The summed E-state index contributed by atoms with van der Waals surface area (Å²) in [6.07, 6.45) is 2.55. The van der Waals surface area contributed by atoms with Gasteiger partial charge < -0.3 is 14.7 Å². The zero-order valence-corrected chi connectivity index (χ0v) is 12.5. The average molecular weight is 293 g/mol. The zero-order chi connectivity index (χ0) is 15.5. The van der Waals surface area contributed by atoms with Crippen molar-refractivity contribution in [2.24, 2.45) is 0 Å². The molecule has 1 aromatic carbocycles. The van der Waals surface area contributed by atoms with Gasteiger partial charge in [0.1, 0.15) is 6.54 Å². The van der Waals surface area contributed by atoms with Crippen molar-refractivity contribution in [3.05, 3.63) is 35.9 Å². The van der Waals surface area contributed by atoms with Gasteiger partial charge >= 0.3 is 5.97 Å². The molecule has 0 aliphatic heterocycles. The number of carbonyl (C=O) groups excluding carboxylic acids is 1. The van der Waals surface area contributed by atoms with Gasteiger partial charge in [0.15, 0.2) is 0 Å². The Bertz CT molecular complexity index is 433. The number of methoxy groups -OCH3 is 1. The zero-order valence-electron chi connectivity index (χ0n) is 12.5. The van der Waals surface area contributed by atoms with Crippen molar-refractivity contribution in [3.63, 3.8) is 0 Å². The standard InChI is InChI=1S/C16H23NO4/c1-21-12-6-5-9-15(18)17(13-16(19)20)11-10-14-7-3-2-4-8-14/h2-4,7-8H,5-6,9-13H2,1H3,(H,19,20).